The fourth-order valence-corrected chi connectivity index (χ4v) is 3.33. The molecule has 1 aliphatic heterocycles. The van der Waals surface area contributed by atoms with Crippen molar-refractivity contribution in [2.75, 3.05) is 25.0 Å². The lowest BCUT2D eigenvalue weighted by atomic mass is 10.2. The number of aromatic nitrogens is 4. The lowest BCUT2D eigenvalue weighted by molar-refractivity contribution is 0.0952. The molecular formula is C18H27N7O. The van der Waals surface area contributed by atoms with Gasteiger partial charge in [0, 0.05) is 62.8 Å². The van der Waals surface area contributed by atoms with Crippen molar-refractivity contribution in [3.8, 4) is 0 Å². The fraction of sp³-hybridized carbons (Fsp3) is 0.556. The molecule has 0 spiro atoms. The Hall–Kier alpha value is -2.48. The van der Waals surface area contributed by atoms with Crippen molar-refractivity contribution in [3.63, 3.8) is 0 Å². The number of aryl methyl sites for hydroxylation is 3. The molecular weight excluding hydrogens is 330 g/mol. The van der Waals surface area contributed by atoms with E-state index in [0.29, 0.717) is 6.04 Å². The summed E-state index contributed by atoms with van der Waals surface area (Å²) in [6.07, 6.45) is 3.10. The van der Waals surface area contributed by atoms with Crippen LogP contribution in [-0.2, 0) is 13.6 Å². The normalized spacial score (nSPS) is 17.0. The van der Waals surface area contributed by atoms with E-state index in [0.717, 1.165) is 48.8 Å². The summed E-state index contributed by atoms with van der Waals surface area (Å²) in [6, 6.07) is 0.382. The Bertz CT molecular complexity index is 814. The predicted octanol–water partition coefficient (Wildman–Crippen LogP) is 0.863. The van der Waals surface area contributed by atoms with Crippen LogP contribution in [0.25, 0.3) is 0 Å². The average molecular weight is 357 g/mol. The van der Waals surface area contributed by atoms with Gasteiger partial charge in [-0.25, -0.2) is 9.97 Å². The van der Waals surface area contributed by atoms with Crippen molar-refractivity contribution in [3.05, 3.63) is 34.5 Å². The lowest BCUT2D eigenvalue weighted by Crippen LogP contribution is -2.33. The molecule has 8 heteroatoms. The Labute approximate surface area is 154 Å². The number of nitrogens with one attached hydrogen (secondary N) is 2. The summed E-state index contributed by atoms with van der Waals surface area (Å²) in [5.41, 5.74) is 4.16. The number of carbonyl (C=O) groups is 1. The third-order valence-corrected chi connectivity index (χ3v) is 4.98. The summed E-state index contributed by atoms with van der Waals surface area (Å²) < 4.78 is 1.85. The van der Waals surface area contributed by atoms with E-state index in [9.17, 15) is 4.79 Å². The minimum absolute atomic E-state index is 0.230. The molecule has 1 fully saturated rings. The Kier molecular flexibility index (Phi) is 5.22. The minimum atomic E-state index is -0.254. The maximum atomic E-state index is 11.9. The van der Waals surface area contributed by atoms with Crippen LogP contribution < -0.4 is 15.5 Å². The van der Waals surface area contributed by atoms with Crippen molar-refractivity contribution < 1.29 is 4.79 Å². The molecule has 1 aliphatic rings. The van der Waals surface area contributed by atoms with Crippen molar-refractivity contribution in [1.29, 1.82) is 0 Å². The minimum Gasteiger partial charge on any atom is -0.355 e. The molecule has 0 saturated carbocycles. The van der Waals surface area contributed by atoms with Gasteiger partial charge in [0.05, 0.1) is 5.69 Å². The fourth-order valence-electron chi connectivity index (χ4n) is 3.33. The number of anilines is 1. The van der Waals surface area contributed by atoms with Crippen LogP contribution in [0, 0.1) is 20.8 Å². The van der Waals surface area contributed by atoms with Crippen LogP contribution in [0.5, 0.6) is 0 Å². The van der Waals surface area contributed by atoms with Gasteiger partial charge in [0.2, 0.25) is 5.82 Å². The molecule has 1 amide bonds. The van der Waals surface area contributed by atoms with Crippen LogP contribution in [0.1, 0.15) is 39.6 Å². The highest BCUT2D eigenvalue weighted by atomic mass is 16.2. The number of amides is 1. The second kappa shape index (κ2) is 7.41. The van der Waals surface area contributed by atoms with Crippen LogP contribution in [0.3, 0.4) is 0 Å². The van der Waals surface area contributed by atoms with E-state index in [2.05, 4.69) is 36.8 Å². The van der Waals surface area contributed by atoms with E-state index < -0.39 is 0 Å². The number of carbonyl (C=O) groups excluding carboxylic acids is 1. The number of rotatable bonds is 5. The third kappa shape index (κ3) is 3.70. The second-order valence-corrected chi connectivity index (χ2v) is 6.89. The van der Waals surface area contributed by atoms with E-state index in [1.165, 1.54) is 5.56 Å². The molecule has 8 nitrogen and oxygen atoms in total. The first-order valence-corrected chi connectivity index (χ1v) is 8.93. The van der Waals surface area contributed by atoms with Gasteiger partial charge in [-0.1, -0.05) is 0 Å². The Morgan fingerprint density at radius 1 is 1.27 bits per heavy atom. The molecule has 0 aliphatic carbocycles. The quantitative estimate of drug-likeness (QED) is 0.825. The van der Waals surface area contributed by atoms with E-state index >= 15 is 0 Å². The van der Waals surface area contributed by atoms with Crippen LogP contribution >= 0.6 is 0 Å². The first kappa shape index (κ1) is 18.3. The molecule has 1 saturated heterocycles. The number of nitrogens with zero attached hydrogens (tertiary/aromatic N) is 5. The molecule has 2 aromatic rings. The maximum Gasteiger partial charge on any atom is 0.288 e. The highest BCUT2D eigenvalue weighted by Gasteiger charge is 2.26. The second-order valence-electron chi connectivity index (χ2n) is 6.89. The lowest BCUT2D eigenvalue weighted by Gasteiger charge is -2.21. The Balaban J connectivity index is 1.69. The van der Waals surface area contributed by atoms with E-state index in [-0.39, 0.29) is 11.7 Å². The van der Waals surface area contributed by atoms with Crippen molar-refractivity contribution in [1.82, 2.24) is 30.4 Å². The van der Waals surface area contributed by atoms with Gasteiger partial charge >= 0.3 is 0 Å². The van der Waals surface area contributed by atoms with E-state index in [1.807, 2.05) is 32.5 Å². The first-order valence-electron chi connectivity index (χ1n) is 8.93. The summed E-state index contributed by atoms with van der Waals surface area (Å²) in [4.78, 5) is 23.0. The Morgan fingerprint density at radius 3 is 2.69 bits per heavy atom. The average Bonchev–Trinajstić information content (AvgIpc) is 3.20. The molecule has 140 valence electrons. The van der Waals surface area contributed by atoms with Crippen molar-refractivity contribution >= 4 is 11.7 Å². The van der Waals surface area contributed by atoms with Gasteiger partial charge in [0.1, 0.15) is 5.82 Å². The molecule has 0 radical (unpaired) electrons. The zero-order chi connectivity index (χ0) is 18.8. The molecule has 3 rings (SSSR count). The summed E-state index contributed by atoms with van der Waals surface area (Å²) in [7, 11) is 3.54. The summed E-state index contributed by atoms with van der Waals surface area (Å²) in [5, 5.41) is 10.6. The van der Waals surface area contributed by atoms with Gasteiger partial charge in [0.15, 0.2) is 0 Å². The Morgan fingerprint density at radius 2 is 2.04 bits per heavy atom. The molecule has 1 atom stereocenters. The van der Waals surface area contributed by atoms with Crippen molar-refractivity contribution in [2.24, 2.45) is 7.05 Å². The van der Waals surface area contributed by atoms with Crippen LogP contribution in [0.4, 0.5) is 5.82 Å². The zero-order valence-electron chi connectivity index (χ0n) is 16.1. The maximum absolute atomic E-state index is 11.9. The highest BCUT2D eigenvalue weighted by Crippen LogP contribution is 2.24. The summed E-state index contributed by atoms with van der Waals surface area (Å²) >= 11 is 0. The van der Waals surface area contributed by atoms with E-state index in [1.54, 1.807) is 7.05 Å². The number of hydrogen-bond donors (Lipinski definition) is 2. The first-order chi connectivity index (χ1) is 12.4. The van der Waals surface area contributed by atoms with Gasteiger partial charge < -0.3 is 15.5 Å². The molecule has 26 heavy (non-hydrogen) atoms. The third-order valence-electron chi connectivity index (χ3n) is 4.98. The molecule has 0 aromatic carbocycles. The van der Waals surface area contributed by atoms with Gasteiger partial charge in [-0.2, -0.15) is 5.10 Å². The monoisotopic (exact) mass is 357 g/mol. The van der Waals surface area contributed by atoms with Crippen LogP contribution in [-0.4, -0.2) is 51.8 Å². The number of hydrogen-bond acceptors (Lipinski definition) is 6. The van der Waals surface area contributed by atoms with Crippen LogP contribution in [0.15, 0.2) is 6.20 Å². The van der Waals surface area contributed by atoms with Crippen molar-refractivity contribution in [2.45, 2.75) is 39.8 Å². The van der Waals surface area contributed by atoms with Gasteiger partial charge in [-0.3, -0.25) is 9.48 Å². The van der Waals surface area contributed by atoms with Gasteiger partial charge in [-0.15, -0.1) is 0 Å². The SMILES string of the molecule is CNC(=O)c1nc(C)c(C)c(N2CC[C@@H](NCc3cn(C)nc3C)C2)n1. The zero-order valence-corrected chi connectivity index (χ0v) is 16.1. The summed E-state index contributed by atoms with van der Waals surface area (Å²) in [6.45, 7) is 8.55. The molecule has 2 aromatic heterocycles. The molecule has 0 unspecified atom stereocenters. The van der Waals surface area contributed by atoms with Gasteiger partial charge in [0.25, 0.3) is 5.91 Å². The standard InChI is InChI=1S/C18H27N7O/c1-11-12(2)21-16(18(26)19-4)22-17(11)25-7-6-15(10-25)20-8-14-9-24(5)23-13(14)3/h9,15,20H,6-8,10H2,1-5H3,(H,19,26)/t15-/m1/s1. The molecule has 3 heterocycles. The van der Waals surface area contributed by atoms with E-state index in [4.69, 9.17) is 0 Å². The molecule has 0 bridgehead atoms. The molecule has 2 N–H and O–H groups in total. The topological polar surface area (TPSA) is 88.0 Å². The summed E-state index contributed by atoms with van der Waals surface area (Å²) in [5.74, 6) is 0.834. The van der Waals surface area contributed by atoms with Crippen LogP contribution in [0.2, 0.25) is 0 Å². The highest BCUT2D eigenvalue weighted by molar-refractivity contribution is 5.90. The van der Waals surface area contributed by atoms with Gasteiger partial charge in [-0.05, 0) is 27.2 Å². The largest absolute Gasteiger partial charge is 0.355 e. The smallest absolute Gasteiger partial charge is 0.288 e. The predicted molar refractivity (Wildman–Crippen MR) is 100 cm³/mol.